The summed E-state index contributed by atoms with van der Waals surface area (Å²) in [6.07, 6.45) is 2.11. The highest BCUT2D eigenvalue weighted by Crippen LogP contribution is 2.23. The van der Waals surface area contributed by atoms with Gasteiger partial charge in [0.2, 0.25) is 0 Å². The molecule has 17 heavy (non-hydrogen) atoms. The number of aliphatic hydroxyl groups excluding tert-OH is 1. The van der Waals surface area contributed by atoms with Crippen molar-refractivity contribution in [2.75, 3.05) is 19.7 Å². The molecule has 1 N–H and O–H groups in total. The molecule has 0 amide bonds. The fourth-order valence-corrected chi connectivity index (χ4v) is 2.57. The number of piperidine rings is 1. The Balaban J connectivity index is 2.05. The summed E-state index contributed by atoms with van der Waals surface area (Å²) in [7, 11) is 0. The monoisotopic (exact) mass is 257 g/mol. The summed E-state index contributed by atoms with van der Waals surface area (Å²) in [5, 5.41) is 9.64. The third kappa shape index (κ3) is 3.18. The third-order valence-corrected chi connectivity index (χ3v) is 3.66. The smallest absolute Gasteiger partial charge is 0.129 e. The minimum atomic E-state index is -0.247. The normalized spacial score (nSPS) is 21.7. The van der Waals surface area contributed by atoms with Gasteiger partial charge < -0.3 is 5.11 Å². The lowest BCUT2D eigenvalue weighted by Gasteiger charge is -2.32. The number of hydrogen-bond acceptors (Lipinski definition) is 2. The zero-order valence-electron chi connectivity index (χ0n) is 9.70. The second-order valence-electron chi connectivity index (χ2n) is 4.63. The van der Waals surface area contributed by atoms with Gasteiger partial charge in [-0.25, -0.2) is 4.39 Å². The van der Waals surface area contributed by atoms with E-state index in [1.165, 1.54) is 6.07 Å². The molecule has 94 valence electrons. The molecule has 0 saturated carbocycles. The Morgan fingerprint density at radius 2 is 2.29 bits per heavy atom. The van der Waals surface area contributed by atoms with Gasteiger partial charge in [-0.15, -0.1) is 0 Å². The summed E-state index contributed by atoms with van der Waals surface area (Å²) in [6.45, 7) is 2.51. The molecule has 0 aliphatic carbocycles. The number of nitrogens with zero attached hydrogens (tertiary/aromatic N) is 1. The van der Waals surface area contributed by atoms with Gasteiger partial charge >= 0.3 is 0 Å². The molecule has 1 aromatic rings. The lowest BCUT2D eigenvalue weighted by molar-refractivity contribution is 0.115. The van der Waals surface area contributed by atoms with E-state index in [-0.39, 0.29) is 12.4 Å². The molecule has 0 bridgehead atoms. The van der Waals surface area contributed by atoms with E-state index in [1.807, 2.05) is 0 Å². The fourth-order valence-electron chi connectivity index (χ4n) is 2.35. The first kappa shape index (κ1) is 12.8. The Labute approximate surface area is 106 Å². The van der Waals surface area contributed by atoms with Gasteiger partial charge in [-0.1, -0.05) is 17.7 Å². The van der Waals surface area contributed by atoms with Crippen LogP contribution in [0.2, 0.25) is 5.02 Å². The van der Waals surface area contributed by atoms with Crippen molar-refractivity contribution in [2.45, 2.75) is 19.4 Å². The van der Waals surface area contributed by atoms with Gasteiger partial charge in [-0.05, 0) is 37.4 Å². The second kappa shape index (κ2) is 5.80. The molecular weight excluding hydrogens is 241 g/mol. The third-order valence-electron chi connectivity index (χ3n) is 3.30. The van der Waals surface area contributed by atoms with E-state index in [9.17, 15) is 4.39 Å². The Kier molecular flexibility index (Phi) is 4.37. The number of benzene rings is 1. The minimum Gasteiger partial charge on any atom is -0.396 e. The molecule has 1 saturated heterocycles. The first-order valence-corrected chi connectivity index (χ1v) is 6.34. The van der Waals surface area contributed by atoms with Gasteiger partial charge in [0.1, 0.15) is 5.82 Å². The van der Waals surface area contributed by atoms with Crippen molar-refractivity contribution < 1.29 is 9.50 Å². The Morgan fingerprint density at radius 1 is 1.47 bits per heavy atom. The molecule has 0 radical (unpaired) electrons. The number of rotatable bonds is 3. The SMILES string of the molecule is OC[C@@H]1CCCN(Cc2c(F)cccc2Cl)C1. The van der Waals surface area contributed by atoms with Crippen molar-refractivity contribution in [1.29, 1.82) is 0 Å². The number of halogens is 2. The Morgan fingerprint density at radius 3 is 3.00 bits per heavy atom. The maximum atomic E-state index is 13.6. The highest BCUT2D eigenvalue weighted by Gasteiger charge is 2.20. The highest BCUT2D eigenvalue weighted by atomic mass is 35.5. The quantitative estimate of drug-likeness (QED) is 0.900. The van der Waals surface area contributed by atoms with Crippen molar-refractivity contribution in [3.05, 3.63) is 34.6 Å². The molecule has 0 aromatic heterocycles. The first-order valence-electron chi connectivity index (χ1n) is 5.97. The fraction of sp³-hybridized carbons (Fsp3) is 0.538. The Hall–Kier alpha value is -0.640. The van der Waals surface area contributed by atoms with Crippen LogP contribution in [0.4, 0.5) is 4.39 Å². The van der Waals surface area contributed by atoms with Crippen molar-refractivity contribution in [3.63, 3.8) is 0 Å². The summed E-state index contributed by atoms with van der Waals surface area (Å²) >= 11 is 6.00. The van der Waals surface area contributed by atoms with E-state index < -0.39 is 0 Å². The van der Waals surface area contributed by atoms with E-state index in [1.54, 1.807) is 12.1 Å². The lowest BCUT2D eigenvalue weighted by atomic mass is 9.98. The van der Waals surface area contributed by atoms with Crippen molar-refractivity contribution in [1.82, 2.24) is 4.90 Å². The maximum Gasteiger partial charge on any atom is 0.129 e. The van der Waals surface area contributed by atoms with E-state index in [0.717, 1.165) is 25.9 Å². The van der Waals surface area contributed by atoms with Gasteiger partial charge in [0.15, 0.2) is 0 Å². The molecule has 1 atom stereocenters. The van der Waals surface area contributed by atoms with Crippen LogP contribution in [0.3, 0.4) is 0 Å². The molecule has 2 rings (SSSR count). The van der Waals surface area contributed by atoms with Crippen LogP contribution in [-0.2, 0) is 6.54 Å². The van der Waals surface area contributed by atoms with Gasteiger partial charge in [0.25, 0.3) is 0 Å². The second-order valence-corrected chi connectivity index (χ2v) is 5.03. The molecule has 2 nitrogen and oxygen atoms in total. The van der Waals surface area contributed by atoms with E-state index in [2.05, 4.69) is 4.90 Å². The van der Waals surface area contributed by atoms with Crippen molar-refractivity contribution >= 4 is 11.6 Å². The predicted octanol–water partition coefficient (Wildman–Crippen LogP) is 2.68. The molecule has 1 aromatic carbocycles. The molecule has 0 unspecified atom stereocenters. The highest BCUT2D eigenvalue weighted by molar-refractivity contribution is 6.31. The lowest BCUT2D eigenvalue weighted by Crippen LogP contribution is -2.36. The van der Waals surface area contributed by atoms with Crippen LogP contribution < -0.4 is 0 Å². The zero-order chi connectivity index (χ0) is 12.3. The van der Waals surface area contributed by atoms with Crippen LogP contribution >= 0.6 is 11.6 Å². The van der Waals surface area contributed by atoms with E-state index in [4.69, 9.17) is 16.7 Å². The molecule has 4 heteroatoms. The van der Waals surface area contributed by atoms with Crippen LogP contribution in [-0.4, -0.2) is 29.7 Å². The largest absolute Gasteiger partial charge is 0.396 e. The van der Waals surface area contributed by atoms with Crippen LogP contribution in [0.5, 0.6) is 0 Å². The van der Waals surface area contributed by atoms with Gasteiger partial charge in [0.05, 0.1) is 0 Å². The maximum absolute atomic E-state index is 13.6. The van der Waals surface area contributed by atoms with E-state index >= 15 is 0 Å². The summed E-state index contributed by atoms with van der Waals surface area (Å²) in [4.78, 5) is 2.16. The first-order chi connectivity index (χ1) is 8.20. The minimum absolute atomic E-state index is 0.210. The molecule has 0 spiro atoms. The van der Waals surface area contributed by atoms with Gasteiger partial charge in [-0.3, -0.25) is 4.90 Å². The molecule has 1 fully saturated rings. The average Bonchev–Trinajstić information content (AvgIpc) is 2.34. The van der Waals surface area contributed by atoms with Gasteiger partial charge in [-0.2, -0.15) is 0 Å². The molecular formula is C13H17ClFNO. The molecule has 1 aliphatic heterocycles. The summed E-state index contributed by atoms with van der Waals surface area (Å²) < 4.78 is 13.6. The average molecular weight is 258 g/mol. The Bertz CT molecular complexity index is 365. The molecule has 1 aliphatic rings. The van der Waals surface area contributed by atoms with Gasteiger partial charge in [0, 0.05) is 30.3 Å². The summed E-state index contributed by atoms with van der Waals surface area (Å²) in [5.41, 5.74) is 0.563. The van der Waals surface area contributed by atoms with Crippen molar-refractivity contribution in [3.8, 4) is 0 Å². The molecule has 1 heterocycles. The topological polar surface area (TPSA) is 23.5 Å². The van der Waals surface area contributed by atoms with Crippen LogP contribution in [0.25, 0.3) is 0 Å². The standard InChI is InChI=1S/C13H17ClFNO/c14-12-4-1-5-13(15)11(12)8-16-6-2-3-10(7-16)9-17/h1,4-5,10,17H,2-3,6-9H2/t10-/m1/s1. The number of likely N-dealkylation sites (tertiary alicyclic amines) is 1. The van der Waals surface area contributed by atoms with E-state index in [0.29, 0.717) is 23.0 Å². The summed E-state index contributed by atoms with van der Waals surface area (Å²) in [6, 6.07) is 4.77. The summed E-state index contributed by atoms with van der Waals surface area (Å²) in [5.74, 6) is 0.0675. The van der Waals surface area contributed by atoms with Crippen LogP contribution in [0, 0.1) is 11.7 Å². The van der Waals surface area contributed by atoms with Crippen LogP contribution in [0.1, 0.15) is 18.4 Å². The van der Waals surface area contributed by atoms with Crippen molar-refractivity contribution in [2.24, 2.45) is 5.92 Å². The number of aliphatic hydroxyl groups is 1. The number of hydrogen-bond donors (Lipinski definition) is 1. The zero-order valence-corrected chi connectivity index (χ0v) is 10.5. The predicted molar refractivity (Wildman–Crippen MR) is 66.5 cm³/mol. The van der Waals surface area contributed by atoms with Crippen LogP contribution in [0.15, 0.2) is 18.2 Å².